The first-order valence-electron chi connectivity index (χ1n) is 6.62. The highest BCUT2D eigenvalue weighted by Crippen LogP contribution is 2.32. The number of rotatable bonds is 7. The van der Waals surface area contributed by atoms with Crippen LogP contribution in [0.4, 0.5) is 0 Å². The van der Waals surface area contributed by atoms with E-state index >= 15 is 0 Å². The number of nitrogens with two attached hydrogens (primary N) is 2. The fourth-order valence-corrected chi connectivity index (χ4v) is 1.98. The van der Waals surface area contributed by atoms with E-state index in [1.807, 2.05) is 0 Å². The summed E-state index contributed by atoms with van der Waals surface area (Å²) in [6, 6.07) is 6.60. The molecule has 1 aromatic carbocycles. The quantitative estimate of drug-likeness (QED) is 0.653. The van der Waals surface area contributed by atoms with E-state index in [4.69, 9.17) is 16.2 Å². The number of benzene rings is 1. The van der Waals surface area contributed by atoms with Gasteiger partial charge in [0.15, 0.2) is 6.61 Å². The van der Waals surface area contributed by atoms with Crippen LogP contribution in [0.25, 0.3) is 0 Å². The van der Waals surface area contributed by atoms with Crippen molar-refractivity contribution < 1.29 is 14.3 Å². The zero-order valence-corrected chi connectivity index (χ0v) is 11.2. The number of nitrogens with one attached hydrogen (secondary N) is 1. The Labute approximate surface area is 117 Å². The van der Waals surface area contributed by atoms with Gasteiger partial charge in [-0.25, -0.2) is 0 Å². The Morgan fingerprint density at radius 2 is 1.95 bits per heavy atom. The summed E-state index contributed by atoms with van der Waals surface area (Å²) in [6.07, 6.45) is 2.25. The highest BCUT2D eigenvalue weighted by molar-refractivity contribution is 5.94. The van der Waals surface area contributed by atoms with Gasteiger partial charge in [0.2, 0.25) is 0 Å². The molecule has 2 rings (SSSR count). The molecule has 6 heteroatoms. The van der Waals surface area contributed by atoms with Crippen LogP contribution in [0, 0.1) is 5.92 Å². The summed E-state index contributed by atoms with van der Waals surface area (Å²) in [7, 11) is 0. The normalized spacial score (nSPS) is 15.4. The number of ether oxygens (including phenoxy) is 1. The lowest BCUT2D eigenvalue weighted by Gasteiger charge is -2.16. The van der Waals surface area contributed by atoms with Crippen LogP contribution in [0.5, 0.6) is 5.75 Å². The van der Waals surface area contributed by atoms with Crippen LogP contribution >= 0.6 is 0 Å². The van der Waals surface area contributed by atoms with Gasteiger partial charge in [-0.15, -0.1) is 0 Å². The van der Waals surface area contributed by atoms with E-state index in [9.17, 15) is 9.59 Å². The Bertz CT molecular complexity index is 483. The monoisotopic (exact) mass is 277 g/mol. The van der Waals surface area contributed by atoms with Gasteiger partial charge < -0.3 is 21.5 Å². The van der Waals surface area contributed by atoms with Crippen LogP contribution < -0.4 is 21.5 Å². The lowest BCUT2D eigenvalue weighted by Crippen LogP contribution is -2.41. The van der Waals surface area contributed by atoms with E-state index in [2.05, 4.69) is 5.32 Å². The van der Waals surface area contributed by atoms with Crippen molar-refractivity contribution in [3.63, 3.8) is 0 Å². The summed E-state index contributed by atoms with van der Waals surface area (Å²) in [5, 5.41) is 2.94. The zero-order valence-electron chi connectivity index (χ0n) is 11.2. The van der Waals surface area contributed by atoms with Gasteiger partial charge in [0, 0.05) is 18.2 Å². The van der Waals surface area contributed by atoms with Crippen molar-refractivity contribution in [1.29, 1.82) is 0 Å². The van der Waals surface area contributed by atoms with Crippen molar-refractivity contribution in [2.45, 2.75) is 18.9 Å². The number of carbonyl (C=O) groups excluding carboxylic acids is 2. The van der Waals surface area contributed by atoms with Crippen molar-refractivity contribution >= 4 is 11.8 Å². The van der Waals surface area contributed by atoms with E-state index in [-0.39, 0.29) is 18.6 Å². The summed E-state index contributed by atoms with van der Waals surface area (Å²) < 4.78 is 5.13. The predicted octanol–water partition coefficient (Wildman–Crippen LogP) is 0.0178. The molecular weight excluding hydrogens is 258 g/mol. The lowest BCUT2D eigenvalue weighted by atomic mass is 10.1. The average Bonchev–Trinajstić information content (AvgIpc) is 3.27. The Balaban J connectivity index is 1.91. The van der Waals surface area contributed by atoms with E-state index < -0.39 is 5.91 Å². The van der Waals surface area contributed by atoms with Crippen molar-refractivity contribution in [1.82, 2.24) is 5.32 Å². The zero-order chi connectivity index (χ0) is 14.5. The fraction of sp³-hybridized carbons (Fsp3) is 0.429. The molecule has 5 N–H and O–H groups in total. The summed E-state index contributed by atoms with van der Waals surface area (Å²) in [4.78, 5) is 22.6. The standard InChI is InChI=1S/C14H19N3O3/c15-7-12(9-1-2-9)17-14(19)10-3-5-11(6-4-10)20-8-13(16)18/h3-6,9,12H,1-2,7-8,15H2,(H2,16,18)(H,17,19). The van der Waals surface area contributed by atoms with Crippen molar-refractivity contribution in [3.8, 4) is 5.75 Å². The number of carbonyl (C=O) groups is 2. The smallest absolute Gasteiger partial charge is 0.255 e. The largest absolute Gasteiger partial charge is 0.484 e. The van der Waals surface area contributed by atoms with Crippen LogP contribution in [0.3, 0.4) is 0 Å². The molecule has 0 bridgehead atoms. The Hall–Kier alpha value is -2.08. The summed E-state index contributed by atoms with van der Waals surface area (Å²) in [5.74, 6) is 0.330. The van der Waals surface area contributed by atoms with Gasteiger partial charge >= 0.3 is 0 Å². The molecule has 1 aliphatic carbocycles. The third-order valence-electron chi connectivity index (χ3n) is 3.26. The summed E-state index contributed by atoms with van der Waals surface area (Å²) in [5.41, 5.74) is 11.2. The number of primary amides is 1. The molecule has 0 aliphatic heterocycles. The van der Waals surface area contributed by atoms with Gasteiger partial charge in [-0.05, 0) is 43.0 Å². The number of amides is 2. The molecule has 1 aliphatic rings. The average molecular weight is 277 g/mol. The van der Waals surface area contributed by atoms with Gasteiger partial charge in [-0.2, -0.15) is 0 Å². The first-order chi connectivity index (χ1) is 9.60. The third kappa shape index (κ3) is 3.96. The summed E-state index contributed by atoms with van der Waals surface area (Å²) in [6.45, 7) is 0.276. The molecule has 1 aromatic rings. The SMILES string of the molecule is NCC(NC(=O)c1ccc(OCC(N)=O)cc1)C1CC1. The van der Waals surface area contributed by atoms with E-state index in [1.165, 1.54) is 0 Å². The molecule has 2 amide bonds. The van der Waals surface area contributed by atoms with E-state index in [0.29, 0.717) is 23.8 Å². The van der Waals surface area contributed by atoms with Gasteiger partial charge in [-0.1, -0.05) is 0 Å². The topological polar surface area (TPSA) is 107 Å². The van der Waals surface area contributed by atoms with Crippen molar-refractivity contribution in [2.75, 3.05) is 13.2 Å². The van der Waals surface area contributed by atoms with Crippen molar-refractivity contribution in [3.05, 3.63) is 29.8 Å². The van der Waals surface area contributed by atoms with Gasteiger partial charge in [-0.3, -0.25) is 9.59 Å². The second-order valence-corrected chi connectivity index (χ2v) is 4.93. The lowest BCUT2D eigenvalue weighted by molar-refractivity contribution is -0.119. The highest BCUT2D eigenvalue weighted by atomic mass is 16.5. The van der Waals surface area contributed by atoms with Gasteiger partial charge in [0.1, 0.15) is 5.75 Å². The van der Waals surface area contributed by atoms with Gasteiger partial charge in [0.25, 0.3) is 11.8 Å². The first-order valence-corrected chi connectivity index (χ1v) is 6.62. The van der Waals surface area contributed by atoms with Crippen LogP contribution in [-0.2, 0) is 4.79 Å². The molecule has 0 spiro atoms. The maximum Gasteiger partial charge on any atom is 0.255 e. The van der Waals surface area contributed by atoms with Crippen LogP contribution in [0.15, 0.2) is 24.3 Å². The Morgan fingerprint density at radius 3 is 2.45 bits per heavy atom. The molecule has 0 radical (unpaired) electrons. The molecule has 108 valence electrons. The molecule has 1 unspecified atom stereocenters. The maximum atomic E-state index is 12.0. The molecular formula is C14H19N3O3. The van der Waals surface area contributed by atoms with Crippen molar-refractivity contribution in [2.24, 2.45) is 17.4 Å². The maximum absolute atomic E-state index is 12.0. The fourth-order valence-electron chi connectivity index (χ4n) is 1.98. The third-order valence-corrected chi connectivity index (χ3v) is 3.26. The van der Waals surface area contributed by atoms with Gasteiger partial charge in [0.05, 0.1) is 0 Å². The van der Waals surface area contributed by atoms with E-state index in [1.54, 1.807) is 24.3 Å². The minimum atomic E-state index is -0.540. The number of hydrogen-bond acceptors (Lipinski definition) is 4. The Kier molecular flexibility index (Phi) is 4.57. The first kappa shape index (κ1) is 14.3. The second kappa shape index (κ2) is 6.38. The minimum Gasteiger partial charge on any atom is -0.484 e. The molecule has 0 heterocycles. The number of hydrogen-bond donors (Lipinski definition) is 3. The molecule has 1 fully saturated rings. The molecule has 0 saturated heterocycles. The molecule has 6 nitrogen and oxygen atoms in total. The van der Waals surface area contributed by atoms with E-state index in [0.717, 1.165) is 12.8 Å². The Morgan fingerprint density at radius 1 is 1.30 bits per heavy atom. The van der Waals surface area contributed by atoms with Crippen LogP contribution in [-0.4, -0.2) is 31.0 Å². The van der Waals surface area contributed by atoms with Crippen LogP contribution in [0.1, 0.15) is 23.2 Å². The summed E-state index contributed by atoms with van der Waals surface area (Å²) >= 11 is 0. The minimum absolute atomic E-state index is 0.0493. The highest BCUT2D eigenvalue weighted by Gasteiger charge is 2.31. The molecule has 1 saturated carbocycles. The molecule has 1 atom stereocenters. The van der Waals surface area contributed by atoms with Crippen LogP contribution in [0.2, 0.25) is 0 Å². The molecule has 20 heavy (non-hydrogen) atoms. The molecule has 0 aromatic heterocycles. The second-order valence-electron chi connectivity index (χ2n) is 4.93. The predicted molar refractivity (Wildman–Crippen MR) is 74.2 cm³/mol.